The van der Waals surface area contributed by atoms with Gasteiger partial charge in [0.2, 0.25) is 9.84 Å². The Balaban J connectivity index is 1.95. The zero-order chi connectivity index (χ0) is 19.9. The number of ether oxygens (including phenoxy) is 1. The topological polar surface area (TPSA) is 80.8 Å². The van der Waals surface area contributed by atoms with E-state index < -0.39 is 26.6 Å². The van der Waals surface area contributed by atoms with Crippen LogP contribution in [0.3, 0.4) is 0 Å². The van der Waals surface area contributed by atoms with Crippen LogP contribution in [-0.4, -0.2) is 38.3 Å². The number of esters is 1. The van der Waals surface area contributed by atoms with Crippen molar-refractivity contribution in [3.05, 3.63) is 65.7 Å². The first kappa shape index (κ1) is 18.7. The summed E-state index contributed by atoms with van der Waals surface area (Å²) in [5.74, 6) is -1.33. The van der Waals surface area contributed by atoms with E-state index in [4.69, 9.17) is 4.74 Å². The van der Waals surface area contributed by atoms with Gasteiger partial charge in [-0.3, -0.25) is 9.59 Å². The van der Waals surface area contributed by atoms with E-state index in [9.17, 15) is 18.0 Å². The highest BCUT2D eigenvalue weighted by atomic mass is 32.2. The third kappa shape index (κ3) is 2.42. The van der Waals surface area contributed by atoms with Crippen LogP contribution < -0.4 is 0 Å². The zero-order valence-electron chi connectivity index (χ0n) is 15.5. The van der Waals surface area contributed by atoms with E-state index in [0.717, 1.165) is 0 Å². The molecular formula is C21H21NO5S. The number of carbonyl (C=O) groups excluding carboxylic acids is 2. The van der Waals surface area contributed by atoms with Crippen LogP contribution in [0.2, 0.25) is 0 Å². The van der Waals surface area contributed by atoms with Crippen molar-refractivity contribution in [2.45, 2.75) is 29.5 Å². The number of amides is 1. The lowest BCUT2D eigenvalue weighted by molar-refractivity contribution is -0.144. The molecule has 146 valence electrons. The van der Waals surface area contributed by atoms with Crippen LogP contribution in [0.4, 0.5) is 0 Å². The normalized spacial score (nSPS) is 23.4. The molecule has 28 heavy (non-hydrogen) atoms. The molecule has 0 N–H and O–H groups in total. The molecule has 0 saturated carbocycles. The van der Waals surface area contributed by atoms with Crippen LogP contribution >= 0.6 is 0 Å². The van der Waals surface area contributed by atoms with E-state index in [1.54, 1.807) is 49.4 Å². The predicted octanol–water partition coefficient (Wildman–Crippen LogP) is 2.74. The Bertz CT molecular complexity index is 1030. The lowest BCUT2D eigenvalue weighted by Crippen LogP contribution is -2.49. The molecule has 2 aliphatic heterocycles. The average Bonchev–Trinajstić information content (AvgIpc) is 3.19. The smallest absolute Gasteiger partial charge is 0.306 e. The van der Waals surface area contributed by atoms with Gasteiger partial charge >= 0.3 is 5.97 Å². The van der Waals surface area contributed by atoms with Crippen molar-refractivity contribution < 1.29 is 22.7 Å². The Morgan fingerprint density at radius 2 is 1.82 bits per heavy atom. The highest BCUT2D eigenvalue weighted by Gasteiger charge is 2.65. The van der Waals surface area contributed by atoms with Crippen molar-refractivity contribution in [3.63, 3.8) is 0 Å². The Kier molecular flexibility index (Phi) is 4.50. The molecule has 0 aromatic heterocycles. The Morgan fingerprint density at radius 1 is 1.14 bits per heavy atom. The Labute approximate surface area is 164 Å². The van der Waals surface area contributed by atoms with Gasteiger partial charge in [0.25, 0.3) is 5.91 Å². The predicted molar refractivity (Wildman–Crippen MR) is 102 cm³/mol. The van der Waals surface area contributed by atoms with E-state index in [1.807, 2.05) is 0 Å². The largest absolute Gasteiger partial charge is 0.466 e. The number of benzene rings is 2. The van der Waals surface area contributed by atoms with E-state index in [1.165, 1.54) is 17.0 Å². The van der Waals surface area contributed by atoms with Crippen molar-refractivity contribution in [2.75, 3.05) is 13.2 Å². The summed E-state index contributed by atoms with van der Waals surface area (Å²) < 4.78 is 33.0. The zero-order valence-corrected chi connectivity index (χ0v) is 16.3. The minimum atomic E-state index is -4.00. The third-order valence-electron chi connectivity index (χ3n) is 5.63. The Morgan fingerprint density at radius 3 is 2.54 bits per heavy atom. The van der Waals surface area contributed by atoms with Crippen molar-refractivity contribution >= 4 is 21.7 Å². The number of hydrogen-bond acceptors (Lipinski definition) is 5. The van der Waals surface area contributed by atoms with Gasteiger partial charge in [0.1, 0.15) is 0 Å². The number of fused-ring (bicyclic) bond motifs is 3. The fourth-order valence-corrected chi connectivity index (χ4v) is 7.01. The van der Waals surface area contributed by atoms with Gasteiger partial charge in [-0.05, 0) is 31.5 Å². The summed E-state index contributed by atoms with van der Waals surface area (Å²) in [6.07, 6.45) is 0.364. The molecule has 0 spiro atoms. The highest BCUT2D eigenvalue weighted by Crippen LogP contribution is 2.56. The summed E-state index contributed by atoms with van der Waals surface area (Å²) in [5, 5.41) is 0. The molecule has 2 aromatic rings. The van der Waals surface area contributed by atoms with E-state index in [-0.39, 0.29) is 30.4 Å². The van der Waals surface area contributed by atoms with Gasteiger partial charge in [-0.2, -0.15) is 0 Å². The summed E-state index contributed by atoms with van der Waals surface area (Å²) in [6, 6.07) is 14.9. The number of hydrogen-bond donors (Lipinski definition) is 0. The summed E-state index contributed by atoms with van der Waals surface area (Å²) in [7, 11) is -4.00. The molecule has 1 saturated heterocycles. The van der Waals surface area contributed by atoms with Gasteiger partial charge in [-0.25, -0.2) is 8.42 Å². The minimum absolute atomic E-state index is 0.0575. The fourth-order valence-electron chi connectivity index (χ4n) is 4.56. The first-order valence-corrected chi connectivity index (χ1v) is 10.8. The van der Waals surface area contributed by atoms with Gasteiger partial charge in [-0.1, -0.05) is 36.4 Å². The van der Waals surface area contributed by atoms with Crippen molar-refractivity contribution in [3.8, 4) is 0 Å². The van der Waals surface area contributed by atoms with Crippen LogP contribution in [0, 0.1) is 5.92 Å². The number of carbonyl (C=O) groups is 2. The number of sulfone groups is 1. The van der Waals surface area contributed by atoms with Crippen molar-refractivity contribution in [1.82, 2.24) is 4.90 Å². The van der Waals surface area contributed by atoms with Gasteiger partial charge < -0.3 is 9.64 Å². The maximum absolute atomic E-state index is 13.9. The third-order valence-corrected chi connectivity index (χ3v) is 8.11. The summed E-state index contributed by atoms with van der Waals surface area (Å²) in [4.78, 5) is 25.3. The minimum Gasteiger partial charge on any atom is -0.466 e. The maximum Gasteiger partial charge on any atom is 0.306 e. The van der Waals surface area contributed by atoms with Crippen LogP contribution in [0.15, 0.2) is 59.5 Å². The Hall–Kier alpha value is -2.67. The SMILES string of the molecule is CCOC(=O)CC1CCN2C(=O)c3ccccc3C12S(=O)(=O)c1ccccc1. The second kappa shape index (κ2) is 6.74. The number of nitrogens with zero attached hydrogens (tertiary/aromatic N) is 1. The van der Waals surface area contributed by atoms with Gasteiger partial charge in [0, 0.05) is 23.6 Å². The lowest BCUT2D eigenvalue weighted by atomic mass is 9.90. The first-order chi connectivity index (χ1) is 13.4. The summed E-state index contributed by atoms with van der Waals surface area (Å²) >= 11 is 0. The molecular weight excluding hydrogens is 378 g/mol. The maximum atomic E-state index is 13.9. The second-order valence-electron chi connectivity index (χ2n) is 7.01. The monoisotopic (exact) mass is 399 g/mol. The average molecular weight is 399 g/mol. The first-order valence-electron chi connectivity index (χ1n) is 9.31. The fraction of sp³-hybridized carbons (Fsp3) is 0.333. The summed E-state index contributed by atoms with van der Waals surface area (Å²) in [5.41, 5.74) is 0.839. The van der Waals surface area contributed by atoms with Crippen molar-refractivity contribution in [2.24, 2.45) is 5.92 Å². The number of rotatable bonds is 5. The molecule has 2 aromatic carbocycles. The highest BCUT2D eigenvalue weighted by molar-refractivity contribution is 7.92. The van der Waals surface area contributed by atoms with Crippen LogP contribution in [-0.2, 0) is 24.2 Å². The standard InChI is InChI=1S/C21H21NO5S/c1-2-27-19(23)14-15-12-13-22-20(24)17-10-6-7-11-18(17)21(15,22)28(25,26)16-8-4-3-5-9-16/h3-11,15H,2,12-14H2,1H3. The second-order valence-corrected chi connectivity index (χ2v) is 9.11. The molecule has 0 bridgehead atoms. The van der Waals surface area contributed by atoms with Crippen LogP contribution in [0.1, 0.15) is 35.7 Å². The van der Waals surface area contributed by atoms with Crippen LogP contribution in [0.5, 0.6) is 0 Å². The molecule has 7 heteroatoms. The van der Waals surface area contributed by atoms with Crippen LogP contribution in [0.25, 0.3) is 0 Å². The van der Waals surface area contributed by atoms with E-state index >= 15 is 0 Å². The molecule has 2 unspecified atom stereocenters. The molecule has 6 nitrogen and oxygen atoms in total. The summed E-state index contributed by atoms with van der Waals surface area (Å²) in [6.45, 7) is 2.22. The van der Waals surface area contributed by atoms with E-state index in [2.05, 4.69) is 0 Å². The molecule has 1 fully saturated rings. The molecule has 0 radical (unpaired) electrons. The molecule has 2 aliphatic rings. The molecule has 1 amide bonds. The lowest BCUT2D eigenvalue weighted by Gasteiger charge is -2.37. The van der Waals surface area contributed by atoms with E-state index in [0.29, 0.717) is 17.5 Å². The van der Waals surface area contributed by atoms with Crippen molar-refractivity contribution in [1.29, 1.82) is 0 Å². The van der Waals surface area contributed by atoms with Gasteiger partial charge in [0.05, 0.1) is 17.9 Å². The van der Waals surface area contributed by atoms with Gasteiger partial charge in [0.15, 0.2) is 4.87 Å². The molecule has 2 atom stereocenters. The molecule has 2 heterocycles. The molecule has 4 rings (SSSR count). The quantitative estimate of drug-likeness (QED) is 0.722. The molecule has 0 aliphatic carbocycles. The van der Waals surface area contributed by atoms with Gasteiger partial charge in [-0.15, -0.1) is 0 Å².